The van der Waals surface area contributed by atoms with Gasteiger partial charge in [0, 0.05) is 28.1 Å². The zero-order chi connectivity index (χ0) is 23.3. The van der Waals surface area contributed by atoms with Gasteiger partial charge in [0.25, 0.3) is 0 Å². The first-order valence-electron chi connectivity index (χ1n) is 11.5. The van der Waals surface area contributed by atoms with Crippen molar-refractivity contribution in [1.82, 2.24) is 0 Å². The van der Waals surface area contributed by atoms with Gasteiger partial charge in [-0.3, -0.25) is 9.59 Å². The van der Waals surface area contributed by atoms with E-state index in [9.17, 15) is 19.8 Å². The topological polar surface area (TPSA) is 93.1 Å². The monoisotopic (exact) mass is 452 g/mol. The van der Waals surface area contributed by atoms with Crippen molar-refractivity contribution >= 4 is 11.6 Å². The molecule has 32 heavy (non-hydrogen) atoms. The van der Waals surface area contributed by atoms with Gasteiger partial charge in [-0.2, -0.15) is 0 Å². The van der Waals surface area contributed by atoms with Gasteiger partial charge in [0.05, 0.1) is 12.2 Å². The van der Waals surface area contributed by atoms with E-state index >= 15 is 8.78 Å². The van der Waals surface area contributed by atoms with Gasteiger partial charge >= 0.3 is 0 Å². The number of hydrogen-bond donors (Lipinski definition) is 2. The molecule has 0 aromatic carbocycles. The zero-order valence-electron chi connectivity index (χ0n) is 18.7. The summed E-state index contributed by atoms with van der Waals surface area (Å²) >= 11 is 0. The molecule has 2 N–H and O–H groups in total. The number of halogens is 2. The van der Waals surface area contributed by atoms with Crippen molar-refractivity contribution in [2.24, 2.45) is 34.0 Å². The molecule has 6 aliphatic rings. The van der Waals surface area contributed by atoms with Gasteiger partial charge in [-0.05, 0) is 45.1 Å². The molecule has 5 fully saturated rings. The van der Waals surface area contributed by atoms with E-state index in [4.69, 9.17) is 9.47 Å². The Morgan fingerprint density at radius 1 is 1.22 bits per heavy atom. The second kappa shape index (κ2) is 5.53. The molecular weight excluding hydrogens is 422 g/mol. The highest BCUT2D eigenvalue weighted by Gasteiger charge is 2.93. The van der Waals surface area contributed by atoms with E-state index in [1.165, 1.54) is 12.2 Å². The first-order chi connectivity index (χ1) is 14.8. The average Bonchev–Trinajstić information content (AvgIpc) is 2.90. The Bertz CT molecular complexity index is 982. The van der Waals surface area contributed by atoms with Crippen molar-refractivity contribution in [1.29, 1.82) is 0 Å². The number of fused-ring (bicyclic) bond motifs is 7. The summed E-state index contributed by atoms with van der Waals surface area (Å²) in [5.41, 5.74) is -7.32. The van der Waals surface area contributed by atoms with Gasteiger partial charge in [-0.1, -0.05) is 19.9 Å². The molecule has 1 heterocycles. The largest absolute Gasteiger partial charge is 0.390 e. The number of carbonyl (C=O) groups is 2. The molecule has 0 radical (unpaired) electrons. The third-order valence-corrected chi connectivity index (χ3v) is 10.6. The number of carbonyl (C=O) groups excluding carboxylic acids is 2. The SMILES string of the molecule is CC1(C)O[C@@H]2C[C@H]3[C@@H]4C[C@H](F)[C@@]56C=CC(=O)[C@@H]5[C@@]6(C)[C@@]4(F)[C@@H](O)C[C@]3(C)[C@]2(C(=O)CO)O1. The minimum Gasteiger partial charge on any atom is -0.390 e. The molecular formula is C24H30F2O6. The lowest BCUT2D eigenvalue weighted by atomic mass is 9.47. The molecule has 6 rings (SSSR count). The third kappa shape index (κ3) is 1.78. The average molecular weight is 452 g/mol. The second-order valence-electron chi connectivity index (χ2n) is 11.8. The van der Waals surface area contributed by atoms with Crippen molar-refractivity contribution in [3.63, 3.8) is 0 Å². The molecule has 5 aliphatic carbocycles. The fourth-order valence-corrected chi connectivity index (χ4v) is 9.47. The van der Waals surface area contributed by atoms with Crippen LogP contribution < -0.4 is 0 Å². The van der Waals surface area contributed by atoms with E-state index in [0.29, 0.717) is 0 Å². The van der Waals surface area contributed by atoms with E-state index in [-0.39, 0.29) is 25.0 Å². The molecule has 1 aliphatic heterocycles. The summed E-state index contributed by atoms with van der Waals surface area (Å²) in [6, 6.07) is 0. The van der Waals surface area contributed by atoms with E-state index in [1.54, 1.807) is 27.7 Å². The Labute approximate surface area is 185 Å². The van der Waals surface area contributed by atoms with E-state index in [2.05, 4.69) is 0 Å². The van der Waals surface area contributed by atoms with E-state index in [0.717, 1.165) is 0 Å². The van der Waals surface area contributed by atoms with Gasteiger partial charge < -0.3 is 19.7 Å². The van der Waals surface area contributed by atoms with Crippen molar-refractivity contribution in [3.8, 4) is 0 Å². The number of ether oxygens (including phenoxy) is 2. The molecule has 0 unspecified atom stereocenters. The number of hydrogen-bond acceptors (Lipinski definition) is 6. The van der Waals surface area contributed by atoms with E-state index < -0.39 is 81.8 Å². The smallest absolute Gasteiger partial charge is 0.193 e. The van der Waals surface area contributed by atoms with Crippen molar-refractivity contribution < 1.29 is 38.1 Å². The van der Waals surface area contributed by atoms with Gasteiger partial charge in [0.1, 0.15) is 18.4 Å². The standard InChI is InChI=1S/C24H30F2O6/c1-19(2)31-17-8-11-12-7-14(25)22-6-5-13(28)18(22)21(22,4)23(12,26)15(29)9-20(11,3)24(17,32-19)16(30)10-27/h5-6,11-12,14-15,17-18,27,29H,7-10H2,1-4H3/t11-,12-,14-,15-,17+,18+,20-,21+,22-,23-,24+/m0/s1. The third-order valence-electron chi connectivity index (χ3n) is 10.6. The summed E-state index contributed by atoms with van der Waals surface area (Å²) in [6.07, 6.45) is -0.770. The van der Waals surface area contributed by atoms with Crippen LogP contribution in [-0.2, 0) is 19.1 Å². The normalized spacial score (nSPS) is 60.9. The number of Topliss-reactive ketones (excluding diaryl/α,β-unsaturated/α-hetero) is 1. The summed E-state index contributed by atoms with van der Waals surface area (Å²) in [7, 11) is 0. The number of ketones is 2. The minimum atomic E-state index is -2.18. The lowest BCUT2D eigenvalue weighted by Crippen LogP contribution is -2.69. The number of aliphatic hydroxyl groups is 2. The first-order valence-corrected chi connectivity index (χ1v) is 11.5. The fraction of sp³-hybridized carbons (Fsp3) is 0.833. The maximum atomic E-state index is 17.2. The van der Waals surface area contributed by atoms with Crippen molar-refractivity contribution in [3.05, 3.63) is 12.2 Å². The predicted molar refractivity (Wildman–Crippen MR) is 107 cm³/mol. The van der Waals surface area contributed by atoms with Crippen molar-refractivity contribution in [2.45, 2.75) is 82.4 Å². The van der Waals surface area contributed by atoms with Gasteiger partial charge in [0.2, 0.25) is 0 Å². The van der Waals surface area contributed by atoms with Crippen LogP contribution >= 0.6 is 0 Å². The Hall–Kier alpha value is -1.22. The maximum Gasteiger partial charge on any atom is 0.193 e. The number of rotatable bonds is 2. The Morgan fingerprint density at radius 3 is 2.56 bits per heavy atom. The van der Waals surface area contributed by atoms with Gasteiger partial charge in [0.15, 0.2) is 23.0 Å². The zero-order valence-corrected chi connectivity index (χ0v) is 18.7. The van der Waals surface area contributed by atoms with Crippen molar-refractivity contribution in [2.75, 3.05) is 6.61 Å². The van der Waals surface area contributed by atoms with Crippen LogP contribution in [0.5, 0.6) is 0 Å². The quantitative estimate of drug-likeness (QED) is 0.666. The fourth-order valence-electron chi connectivity index (χ4n) is 9.47. The number of alkyl halides is 2. The highest BCUT2D eigenvalue weighted by molar-refractivity contribution is 6.01. The molecule has 4 saturated carbocycles. The minimum absolute atomic E-state index is 0.0976. The predicted octanol–water partition coefficient (Wildman–Crippen LogP) is 2.06. The van der Waals surface area contributed by atoms with Crippen LogP contribution in [-0.4, -0.2) is 63.8 Å². The Morgan fingerprint density at radius 2 is 1.91 bits per heavy atom. The molecule has 6 nitrogen and oxygen atoms in total. The highest BCUT2D eigenvalue weighted by atomic mass is 19.1. The van der Waals surface area contributed by atoms with Crippen LogP contribution in [0.1, 0.15) is 47.0 Å². The van der Waals surface area contributed by atoms with Crippen LogP contribution in [0.15, 0.2) is 12.2 Å². The Balaban J connectivity index is 1.49. The molecule has 0 bridgehead atoms. The maximum absolute atomic E-state index is 17.2. The first kappa shape index (κ1) is 21.3. The second-order valence-corrected chi connectivity index (χ2v) is 11.8. The number of allylic oxidation sites excluding steroid dienone is 2. The van der Waals surface area contributed by atoms with Gasteiger partial charge in [-0.25, -0.2) is 8.78 Å². The summed E-state index contributed by atoms with van der Waals surface area (Å²) in [4.78, 5) is 25.7. The number of aliphatic hydroxyl groups excluding tert-OH is 2. The molecule has 176 valence electrons. The van der Waals surface area contributed by atoms with Crippen LogP contribution in [0.4, 0.5) is 8.78 Å². The molecule has 1 saturated heterocycles. The highest BCUT2D eigenvalue weighted by Crippen LogP contribution is 2.86. The van der Waals surface area contributed by atoms with Crippen LogP contribution in [0, 0.1) is 34.0 Å². The molecule has 8 heteroatoms. The van der Waals surface area contributed by atoms with Gasteiger partial charge in [-0.15, -0.1) is 0 Å². The molecule has 0 amide bonds. The summed E-state index contributed by atoms with van der Waals surface area (Å²) in [5, 5.41) is 21.2. The Kier molecular flexibility index (Phi) is 3.69. The summed E-state index contributed by atoms with van der Waals surface area (Å²) in [5.74, 6) is -4.16. The molecule has 11 atom stereocenters. The van der Waals surface area contributed by atoms with Crippen LogP contribution in [0.3, 0.4) is 0 Å². The molecule has 0 aromatic heterocycles. The summed E-state index contributed by atoms with van der Waals surface area (Å²) in [6.45, 7) is 5.97. The lowest BCUT2D eigenvalue weighted by molar-refractivity contribution is -0.252. The van der Waals surface area contributed by atoms with Crippen LogP contribution in [0.25, 0.3) is 0 Å². The van der Waals surface area contributed by atoms with E-state index in [1.807, 2.05) is 0 Å². The van der Waals surface area contributed by atoms with Crippen LogP contribution in [0.2, 0.25) is 0 Å². The molecule has 1 spiro atoms. The molecule has 0 aromatic rings. The lowest BCUT2D eigenvalue weighted by Gasteiger charge is -2.60. The summed E-state index contributed by atoms with van der Waals surface area (Å²) < 4.78 is 45.2.